The minimum absolute atomic E-state index is 0.0102. The van der Waals surface area contributed by atoms with E-state index in [1.54, 1.807) is 5.57 Å². The van der Waals surface area contributed by atoms with Crippen LogP contribution >= 0.6 is 0 Å². The Morgan fingerprint density at radius 2 is 1.38 bits per heavy atom. The summed E-state index contributed by atoms with van der Waals surface area (Å²) in [7, 11) is 0. The zero-order chi connectivity index (χ0) is 19.8. The molecule has 1 fully saturated rings. The molecule has 0 saturated heterocycles. The number of ether oxygens (including phenoxy) is 1. The molecule has 0 heterocycles. The molecule has 0 aromatic carbocycles. The standard InChI is InChI=1S/C25H46O/c1-18(19-10-12-20(13-11-19)23(2,3)4)26-25(8,9)22-16-14-21(15-17-22)24(5,6)7/h12,18-19,21-22H,10-11,13-17H2,1-9H3. The Morgan fingerprint density at radius 3 is 1.81 bits per heavy atom. The molecular formula is C25H46O. The summed E-state index contributed by atoms with van der Waals surface area (Å²) in [4.78, 5) is 0. The van der Waals surface area contributed by atoms with Gasteiger partial charge in [-0.1, -0.05) is 53.2 Å². The Labute approximate surface area is 164 Å². The molecule has 2 unspecified atom stereocenters. The number of hydrogen-bond donors (Lipinski definition) is 0. The van der Waals surface area contributed by atoms with Crippen LogP contribution in [0.1, 0.15) is 107 Å². The lowest BCUT2D eigenvalue weighted by molar-refractivity contribution is -0.129. The molecule has 2 rings (SSSR count). The maximum atomic E-state index is 6.73. The van der Waals surface area contributed by atoms with E-state index in [0.29, 0.717) is 28.8 Å². The van der Waals surface area contributed by atoms with E-state index in [2.05, 4.69) is 68.4 Å². The Bertz CT molecular complexity index is 477. The van der Waals surface area contributed by atoms with Crippen LogP contribution in [-0.2, 0) is 4.74 Å². The fraction of sp³-hybridized carbons (Fsp3) is 0.920. The minimum atomic E-state index is 0.0102. The van der Waals surface area contributed by atoms with E-state index in [1.807, 2.05) is 0 Å². The van der Waals surface area contributed by atoms with Gasteiger partial charge >= 0.3 is 0 Å². The van der Waals surface area contributed by atoms with Crippen LogP contribution in [0, 0.1) is 28.6 Å². The molecule has 0 bridgehead atoms. The molecule has 1 heteroatoms. The first-order valence-electron chi connectivity index (χ1n) is 11.2. The van der Waals surface area contributed by atoms with E-state index in [9.17, 15) is 0 Å². The zero-order valence-electron chi connectivity index (χ0n) is 19.2. The van der Waals surface area contributed by atoms with Crippen LogP contribution in [-0.4, -0.2) is 11.7 Å². The molecule has 0 amide bonds. The second kappa shape index (κ2) is 7.98. The third-order valence-corrected chi connectivity index (χ3v) is 7.50. The normalized spacial score (nSPS) is 30.0. The van der Waals surface area contributed by atoms with Gasteiger partial charge in [-0.25, -0.2) is 0 Å². The van der Waals surface area contributed by atoms with Crippen molar-refractivity contribution in [2.45, 2.75) is 119 Å². The zero-order valence-corrected chi connectivity index (χ0v) is 19.2. The first-order valence-corrected chi connectivity index (χ1v) is 11.2. The second-order valence-corrected chi connectivity index (χ2v) is 11.9. The average Bonchev–Trinajstić information content (AvgIpc) is 2.53. The summed E-state index contributed by atoms with van der Waals surface area (Å²) in [5.74, 6) is 2.28. The predicted octanol–water partition coefficient (Wildman–Crippen LogP) is 7.80. The molecule has 2 aliphatic rings. The van der Waals surface area contributed by atoms with Gasteiger partial charge in [-0.15, -0.1) is 0 Å². The Hall–Kier alpha value is -0.300. The van der Waals surface area contributed by atoms with Crippen molar-refractivity contribution >= 4 is 0 Å². The first kappa shape index (κ1) is 22.0. The molecule has 0 aromatic heterocycles. The molecular weight excluding hydrogens is 316 g/mol. The van der Waals surface area contributed by atoms with Crippen LogP contribution < -0.4 is 0 Å². The molecule has 1 nitrogen and oxygen atoms in total. The average molecular weight is 363 g/mol. The van der Waals surface area contributed by atoms with Crippen molar-refractivity contribution < 1.29 is 4.74 Å². The third kappa shape index (κ3) is 5.60. The van der Waals surface area contributed by atoms with E-state index < -0.39 is 0 Å². The van der Waals surface area contributed by atoms with Crippen molar-refractivity contribution in [3.63, 3.8) is 0 Å². The summed E-state index contributed by atoms with van der Waals surface area (Å²) in [5, 5.41) is 0. The maximum Gasteiger partial charge on any atom is 0.0658 e. The fourth-order valence-corrected chi connectivity index (χ4v) is 5.29. The topological polar surface area (TPSA) is 9.23 Å². The van der Waals surface area contributed by atoms with Gasteiger partial charge in [0.15, 0.2) is 0 Å². The molecule has 152 valence electrons. The van der Waals surface area contributed by atoms with Gasteiger partial charge in [0.05, 0.1) is 11.7 Å². The lowest BCUT2D eigenvalue weighted by Gasteiger charge is -2.45. The lowest BCUT2D eigenvalue weighted by atomic mass is 9.67. The van der Waals surface area contributed by atoms with Crippen molar-refractivity contribution in [2.75, 3.05) is 0 Å². The van der Waals surface area contributed by atoms with Gasteiger partial charge in [0, 0.05) is 0 Å². The van der Waals surface area contributed by atoms with E-state index in [4.69, 9.17) is 4.74 Å². The quantitative estimate of drug-likeness (QED) is 0.464. The van der Waals surface area contributed by atoms with Crippen molar-refractivity contribution in [1.29, 1.82) is 0 Å². The molecule has 2 atom stereocenters. The van der Waals surface area contributed by atoms with Crippen LogP contribution in [0.4, 0.5) is 0 Å². The molecule has 0 radical (unpaired) electrons. The Kier molecular flexibility index (Phi) is 6.75. The van der Waals surface area contributed by atoms with Crippen LogP contribution in [0.2, 0.25) is 0 Å². The van der Waals surface area contributed by atoms with E-state index in [1.165, 1.54) is 44.9 Å². The van der Waals surface area contributed by atoms with Gasteiger partial charge in [0.1, 0.15) is 0 Å². The predicted molar refractivity (Wildman–Crippen MR) is 114 cm³/mol. The van der Waals surface area contributed by atoms with Crippen LogP contribution in [0.5, 0.6) is 0 Å². The van der Waals surface area contributed by atoms with Crippen molar-refractivity contribution in [1.82, 2.24) is 0 Å². The molecule has 0 spiro atoms. The minimum Gasteiger partial charge on any atom is -0.372 e. The monoisotopic (exact) mass is 362 g/mol. The highest BCUT2D eigenvalue weighted by Crippen LogP contribution is 2.45. The Morgan fingerprint density at radius 1 is 0.846 bits per heavy atom. The van der Waals surface area contributed by atoms with Crippen LogP contribution in [0.3, 0.4) is 0 Å². The van der Waals surface area contributed by atoms with Gasteiger partial charge in [0.2, 0.25) is 0 Å². The van der Waals surface area contributed by atoms with Gasteiger partial charge in [0.25, 0.3) is 0 Å². The molecule has 2 aliphatic carbocycles. The summed E-state index contributed by atoms with van der Waals surface area (Å²) < 4.78 is 6.73. The molecule has 0 N–H and O–H groups in total. The van der Waals surface area contributed by atoms with Crippen molar-refractivity contribution in [3.05, 3.63) is 11.6 Å². The third-order valence-electron chi connectivity index (χ3n) is 7.50. The highest BCUT2D eigenvalue weighted by molar-refractivity contribution is 5.14. The molecule has 0 aliphatic heterocycles. The molecule has 26 heavy (non-hydrogen) atoms. The van der Waals surface area contributed by atoms with Gasteiger partial charge in [-0.2, -0.15) is 0 Å². The summed E-state index contributed by atoms with van der Waals surface area (Å²) in [6.45, 7) is 21.3. The van der Waals surface area contributed by atoms with E-state index >= 15 is 0 Å². The van der Waals surface area contributed by atoms with Crippen LogP contribution in [0.25, 0.3) is 0 Å². The van der Waals surface area contributed by atoms with Gasteiger partial charge in [-0.3, -0.25) is 0 Å². The van der Waals surface area contributed by atoms with E-state index in [0.717, 1.165) is 5.92 Å². The number of rotatable bonds is 4. The summed E-state index contributed by atoms with van der Waals surface area (Å²) in [6, 6.07) is 0. The van der Waals surface area contributed by atoms with Crippen LogP contribution in [0.15, 0.2) is 11.6 Å². The van der Waals surface area contributed by atoms with E-state index in [-0.39, 0.29) is 5.60 Å². The maximum absolute atomic E-state index is 6.73. The van der Waals surface area contributed by atoms with Crippen molar-refractivity contribution in [3.8, 4) is 0 Å². The molecule has 1 saturated carbocycles. The van der Waals surface area contributed by atoms with Gasteiger partial charge < -0.3 is 4.74 Å². The van der Waals surface area contributed by atoms with Crippen molar-refractivity contribution in [2.24, 2.45) is 28.6 Å². The largest absolute Gasteiger partial charge is 0.372 e. The Balaban J connectivity index is 1.88. The highest BCUT2D eigenvalue weighted by Gasteiger charge is 2.39. The lowest BCUT2D eigenvalue weighted by Crippen LogP contribution is -2.42. The SMILES string of the molecule is CC(OC(C)(C)C1CCC(C(C)(C)C)CC1)C1CC=C(C(C)(C)C)CC1. The summed E-state index contributed by atoms with van der Waals surface area (Å²) >= 11 is 0. The fourth-order valence-electron chi connectivity index (χ4n) is 5.29. The second-order valence-electron chi connectivity index (χ2n) is 11.9. The summed E-state index contributed by atoms with van der Waals surface area (Å²) in [6.07, 6.45) is 12.0. The highest BCUT2D eigenvalue weighted by atomic mass is 16.5. The number of allylic oxidation sites excluding steroid dienone is 2. The molecule has 0 aromatic rings. The number of hydrogen-bond acceptors (Lipinski definition) is 1. The first-order chi connectivity index (χ1) is 11.8. The smallest absolute Gasteiger partial charge is 0.0658 e. The summed E-state index contributed by atoms with van der Waals surface area (Å²) in [5.41, 5.74) is 2.44. The van der Waals surface area contributed by atoms with Gasteiger partial charge in [-0.05, 0) is 94.3 Å².